The molecule has 0 unspecified atom stereocenters. The monoisotopic (exact) mass is 562 g/mol. The summed E-state index contributed by atoms with van der Waals surface area (Å²) < 4.78 is 39.7. The second-order valence-corrected chi connectivity index (χ2v) is 11.1. The van der Waals surface area contributed by atoms with Crippen molar-refractivity contribution >= 4 is 25.1 Å². The Morgan fingerprint density at radius 3 is 2.35 bits per heavy atom. The van der Waals surface area contributed by atoms with E-state index in [0.717, 1.165) is 44.4 Å². The molecule has 4 N–H and O–H groups in total. The van der Waals surface area contributed by atoms with Crippen molar-refractivity contribution < 1.29 is 18.4 Å². The summed E-state index contributed by atoms with van der Waals surface area (Å²) in [5, 5.41) is 15.8. The van der Waals surface area contributed by atoms with Crippen LogP contribution in [0.3, 0.4) is 0 Å². The highest BCUT2D eigenvalue weighted by atomic mass is 19.4. The second-order valence-electron chi connectivity index (χ2n) is 11.1. The van der Waals surface area contributed by atoms with Crippen molar-refractivity contribution in [1.82, 2.24) is 15.1 Å². The maximum absolute atomic E-state index is 13.2. The Morgan fingerprint density at radius 1 is 1.20 bits per heavy atom. The molecular formula is C28H41F3N8O. The largest absolute Gasteiger partial charge is 0.416 e. The fourth-order valence-electron chi connectivity index (χ4n) is 5.09. The van der Waals surface area contributed by atoms with E-state index in [0.29, 0.717) is 36.9 Å². The lowest BCUT2D eigenvalue weighted by atomic mass is 9.80. The minimum atomic E-state index is -4.42. The van der Waals surface area contributed by atoms with Crippen molar-refractivity contribution in [1.29, 1.82) is 0 Å². The number of hydrogen-bond acceptors (Lipinski definition) is 7. The van der Waals surface area contributed by atoms with E-state index in [2.05, 4.69) is 69.5 Å². The van der Waals surface area contributed by atoms with Crippen LogP contribution < -0.4 is 11.1 Å². The van der Waals surface area contributed by atoms with Crippen LogP contribution in [0.1, 0.15) is 64.0 Å². The Hall–Kier alpha value is -3.25. The van der Waals surface area contributed by atoms with Gasteiger partial charge in [-0.15, -0.1) is 0 Å². The van der Waals surface area contributed by atoms with E-state index in [4.69, 9.17) is 5.73 Å². The molecule has 1 heterocycles. The molecule has 0 spiro atoms. The predicted octanol–water partition coefficient (Wildman–Crippen LogP) is 4.83. The number of likely N-dealkylation sites (tertiary alicyclic amines) is 1. The van der Waals surface area contributed by atoms with Gasteiger partial charge >= 0.3 is 6.18 Å². The second kappa shape index (κ2) is 13.4. The molecule has 2 aliphatic rings. The number of oxime groups is 1. The van der Waals surface area contributed by atoms with Gasteiger partial charge in [0, 0.05) is 31.2 Å². The van der Waals surface area contributed by atoms with Crippen LogP contribution >= 0.6 is 0 Å². The first kappa shape index (κ1) is 31.3. The number of alkyl halides is 3. The maximum atomic E-state index is 13.2. The van der Waals surface area contributed by atoms with Gasteiger partial charge in [-0.2, -0.15) is 13.2 Å². The highest BCUT2D eigenvalue weighted by molar-refractivity contribution is 6.40. The number of nitrogens with two attached hydrogens (primary N) is 1. The third-order valence-corrected chi connectivity index (χ3v) is 8.01. The first-order valence-corrected chi connectivity index (χ1v) is 13.5. The molecule has 1 saturated carbocycles. The fraction of sp³-hybridized carbons (Fsp3) is 0.571. The fourth-order valence-corrected chi connectivity index (χ4v) is 5.09. The van der Waals surface area contributed by atoms with Crippen LogP contribution in [0.25, 0.3) is 0 Å². The molecule has 40 heavy (non-hydrogen) atoms. The topological polar surface area (TPSA) is 114 Å². The highest BCUT2D eigenvalue weighted by Crippen LogP contribution is 2.32. The smallest absolute Gasteiger partial charge is 0.409 e. The number of nitrogens with zero attached hydrogens (tertiary/aromatic N) is 6. The molecule has 1 aromatic rings. The quantitative estimate of drug-likeness (QED) is 0.155. The highest BCUT2D eigenvalue weighted by Gasteiger charge is 2.34. The van der Waals surface area contributed by atoms with Gasteiger partial charge in [0.2, 0.25) is 5.84 Å². The van der Waals surface area contributed by atoms with Gasteiger partial charge in [0.05, 0.1) is 17.9 Å². The Morgan fingerprint density at radius 2 is 1.88 bits per heavy atom. The summed E-state index contributed by atoms with van der Waals surface area (Å²) in [5.74, 6) is 0.311. The third kappa shape index (κ3) is 7.91. The summed E-state index contributed by atoms with van der Waals surface area (Å²) in [7, 11) is 0. The van der Waals surface area contributed by atoms with Gasteiger partial charge in [-0.25, -0.2) is 15.0 Å². The molecule has 0 amide bonds. The van der Waals surface area contributed by atoms with Gasteiger partial charge in [-0.05, 0) is 83.5 Å². The van der Waals surface area contributed by atoms with Gasteiger partial charge in [0.1, 0.15) is 0 Å². The average Bonchev–Trinajstić information content (AvgIpc) is 3.21. The minimum absolute atomic E-state index is 0.0665. The molecule has 1 atom stereocenters. The Balaban J connectivity index is 2.07. The standard InChI is InChI=1S/C28H41F3N8O/c1-19(21-8-6-9-21)35-16-23(25(33-4)36-26(34-5)24(32)37-40)38(18-39-15-7-14-27(39,2)3)17-20-10-12-22(13-11-20)28(29,30)31/h10-13,19,21,35,40H,4-9,14-18H2,1-3H3,(H2,32,37)/b25-23+,36-26-/t19-/m1/s1. The molecule has 1 aliphatic heterocycles. The number of nitrogens with one attached hydrogen (secondary N) is 1. The van der Waals surface area contributed by atoms with Gasteiger partial charge in [0.25, 0.3) is 0 Å². The number of halogens is 3. The van der Waals surface area contributed by atoms with Crippen LogP contribution in [0, 0.1) is 5.92 Å². The molecule has 1 aromatic carbocycles. The van der Waals surface area contributed by atoms with Crippen LogP contribution in [0.4, 0.5) is 13.2 Å². The van der Waals surface area contributed by atoms with Crippen LogP contribution in [0.2, 0.25) is 0 Å². The first-order chi connectivity index (χ1) is 18.9. The Kier molecular flexibility index (Phi) is 10.5. The van der Waals surface area contributed by atoms with E-state index >= 15 is 0 Å². The summed E-state index contributed by atoms with van der Waals surface area (Å²) in [4.78, 5) is 16.8. The summed E-state index contributed by atoms with van der Waals surface area (Å²) >= 11 is 0. The summed E-state index contributed by atoms with van der Waals surface area (Å²) in [6.07, 6.45) is 1.17. The third-order valence-electron chi connectivity index (χ3n) is 8.01. The number of benzene rings is 1. The molecule has 9 nitrogen and oxygen atoms in total. The zero-order valence-electron chi connectivity index (χ0n) is 23.6. The summed E-state index contributed by atoms with van der Waals surface area (Å²) in [5.41, 5.74) is 6.35. The normalized spacial score (nSPS) is 20.1. The lowest BCUT2D eigenvalue weighted by Gasteiger charge is -2.39. The average molecular weight is 563 g/mol. The van der Waals surface area contributed by atoms with E-state index in [9.17, 15) is 18.4 Å². The van der Waals surface area contributed by atoms with Gasteiger partial charge in [0.15, 0.2) is 11.7 Å². The van der Waals surface area contributed by atoms with E-state index in [-0.39, 0.29) is 29.1 Å². The van der Waals surface area contributed by atoms with Crippen molar-refractivity contribution in [2.75, 3.05) is 19.8 Å². The van der Waals surface area contributed by atoms with Crippen molar-refractivity contribution in [3.8, 4) is 0 Å². The molecular weight excluding hydrogens is 521 g/mol. The van der Waals surface area contributed by atoms with E-state index < -0.39 is 11.7 Å². The number of hydrogen-bond donors (Lipinski definition) is 3. The molecule has 0 bridgehead atoms. The molecule has 1 aliphatic carbocycles. The first-order valence-electron chi connectivity index (χ1n) is 13.5. The zero-order valence-corrected chi connectivity index (χ0v) is 23.6. The van der Waals surface area contributed by atoms with Gasteiger partial charge < -0.3 is 21.2 Å². The van der Waals surface area contributed by atoms with E-state index in [1.54, 1.807) is 0 Å². The molecule has 220 valence electrons. The molecule has 2 fully saturated rings. The summed E-state index contributed by atoms with van der Waals surface area (Å²) in [6.45, 7) is 15.7. The minimum Gasteiger partial charge on any atom is -0.409 e. The molecule has 0 aromatic heterocycles. The molecule has 1 saturated heterocycles. The van der Waals surface area contributed by atoms with E-state index in [1.165, 1.54) is 18.6 Å². The maximum Gasteiger partial charge on any atom is 0.416 e. The number of aliphatic imine (C=N–C) groups is 3. The SMILES string of the molecule is C=NC(=N\C(N=C)=C(/CN[C@H](C)C1CCC1)N(Cc1ccc(C(F)(F)F)cc1)CN1CCCC1(C)C)/C(N)=N/O. The zero-order chi connectivity index (χ0) is 29.5. The predicted molar refractivity (Wildman–Crippen MR) is 154 cm³/mol. The van der Waals surface area contributed by atoms with Crippen molar-refractivity contribution in [2.45, 2.75) is 77.2 Å². The van der Waals surface area contributed by atoms with Crippen LogP contribution in [0.15, 0.2) is 55.9 Å². The van der Waals surface area contributed by atoms with Crippen molar-refractivity contribution in [3.63, 3.8) is 0 Å². The summed E-state index contributed by atoms with van der Waals surface area (Å²) in [6, 6.07) is 5.40. The lowest BCUT2D eigenvalue weighted by molar-refractivity contribution is -0.137. The van der Waals surface area contributed by atoms with Gasteiger partial charge in [-0.1, -0.05) is 23.7 Å². The van der Waals surface area contributed by atoms with Gasteiger partial charge in [-0.3, -0.25) is 4.90 Å². The van der Waals surface area contributed by atoms with Crippen molar-refractivity contribution in [2.24, 2.45) is 31.8 Å². The number of rotatable bonds is 11. The molecule has 3 rings (SSSR count). The molecule has 0 radical (unpaired) electrons. The Bertz CT molecular complexity index is 1120. The van der Waals surface area contributed by atoms with Crippen molar-refractivity contribution in [3.05, 3.63) is 46.9 Å². The Labute approximate surface area is 234 Å². The van der Waals surface area contributed by atoms with E-state index in [1.807, 2.05) is 0 Å². The van der Waals surface area contributed by atoms with Crippen LogP contribution in [-0.4, -0.2) is 71.5 Å². The molecule has 12 heteroatoms. The lowest BCUT2D eigenvalue weighted by Crippen LogP contribution is -2.47. The van der Waals surface area contributed by atoms with Crippen LogP contribution in [0.5, 0.6) is 0 Å². The van der Waals surface area contributed by atoms with Crippen LogP contribution in [-0.2, 0) is 12.7 Å². The number of amidine groups is 2.